The second-order valence-electron chi connectivity index (χ2n) is 6.04. The molecule has 4 aromatic rings. The van der Waals surface area contributed by atoms with Gasteiger partial charge in [0, 0.05) is 15.4 Å². The summed E-state index contributed by atoms with van der Waals surface area (Å²) in [6, 6.07) is 14.0. The van der Waals surface area contributed by atoms with E-state index in [1.54, 1.807) is 6.07 Å². The Hall–Kier alpha value is -2.84. The number of rotatable bonds is 4. The zero-order chi connectivity index (χ0) is 19.7. The highest BCUT2D eigenvalue weighted by molar-refractivity contribution is 9.10. The Labute approximate surface area is 171 Å². The van der Waals surface area contributed by atoms with Crippen LogP contribution in [-0.2, 0) is 11.3 Å². The number of fused-ring (bicyclic) bond motifs is 1. The van der Waals surface area contributed by atoms with Crippen LogP contribution in [0.3, 0.4) is 0 Å². The Bertz CT molecular complexity index is 1240. The van der Waals surface area contributed by atoms with Crippen LogP contribution >= 0.6 is 27.3 Å². The van der Waals surface area contributed by atoms with E-state index in [2.05, 4.69) is 26.2 Å². The Balaban J connectivity index is 1.60. The van der Waals surface area contributed by atoms with Crippen molar-refractivity contribution in [3.05, 3.63) is 80.9 Å². The molecule has 2 aromatic carbocycles. The Morgan fingerprint density at radius 2 is 2.00 bits per heavy atom. The number of carbonyl (C=O) groups excluding carboxylic acids is 1. The number of nitrogens with one attached hydrogen (secondary N) is 1. The Kier molecular flexibility index (Phi) is 5.06. The zero-order valence-electron chi connectivity index (χ0n) is 14.4. The molecule has 0 saturated carbocycles. The molecule has 0 atom stereocenters. The first-order valence-electron chi connectivity index (χ1n) is 8.30. The van der Waals surface area contributed by atoms with Crippen molar-refractivity contribution in [2.45, 2.75) is 6.54 Å². The van der Waals surface area contributed by atoms with E-state index in [-0.39, 0.29) is 17.8 Å². The molecule has 0 fully saturated rings. The van der Waals surface area contributed by atoms with Crippen molar-refractivity contribution >= 4 is 49.1 Å². The molecule has 140 valence electrons. The maximum Gasteiger partial charge on any atom is 0.271 e. The van der Waals surface area contributed by atoms with Crippen molar-refractivity contribution in [2.75, 3.05) is 5.32 Å². The van der Waals surface area contributed by atoms with Crippen LogP contribution in [0.25, 0.3) is 21.3 Å². The van der Waals surface area contributed by atoms with E-state index < -0.39 is 11.7 Å². The van der Waals surface area contributed by atoms with Crippen LogP contribution in [0.2, 0.25) is 0 Å². The SMILES string of the molecule is O=C(Cn1cnc2c(-c3ccccc3)csc2c1=O)Nc1ccc(Br)cc1F. The average Bonchev–Trinajstić information content (AvgIpc) is 3.12. The number of halogens is 2. The number of hydrogen-bond donors (Lipinski definition) is 1. The average molecular weight is 458 g/mol. The van der Waals surface area contributed by atoms with Gasteiger partial charge in [0.25, 0.3) is 5.56 Å². The van der Waals surface area contributed by atoms with Crippen molar-refractivity contribution in [2.24, 2.45) is 0 Å². The highest BCUT2D eigenvalue weighted by atomic mass is 79.9. The third kappa shape index (κ3) is 3.61. The molecule has 8 heteroatoms. The van der Waals surface area contributed by atoms with Gasteiger partial charge >= 0.3 is 0 Å². The third-order valence-corrected chi connectivity index (χ3v) is 5.60. The van der Waals surface area contributed by atoms with Gasteiger partial charge in [-0.1, -0.05) is 46.3 Å². The largest absolute Gasteiger partial charge is 0.322 e. The number of benzene rings is 2. The number of hydrogen-bond acceptors (Lipinski definition) is 4. The van der Waals surface area contributed by atoms with Gasteiger partial charge in [-0.3, -0.25) is 14.2 Å². The highest BCUT2D eigenvalue weighted by Gasteiger charge is 2.14. The molecular weight excluding hydrogens is 445 g/mol. The van der Waals surface area contributed by atoms with E-state index >= 15 is 0 Å². The van der Waals surface area contributed by atoms with Gasteiger partial charge in [0.05, 0.1) is 17.5 Å². The molecule has 0 aliphatic carbocycles. The summed E-state index contributed by atoms with van der Waals surface area (Å²) >= 11 is 4.45. The van der Waals surface area contributed by atoms with E-state index in [9.17, 15) is 14.0 Å². The van der Waals surface area contributed by atoms with Crippen molar-refractivity contribution in [1.82, 2.24) is 9.55 Å². The second-order valence-corrected chi connectivity index (χ2v) is 7.84. The monoisotopic (exact) mass is 457 g/mol. The van der Waals surface area contributed by atoms with Gasteiger partial charge < -0.3 is 5.32 Å². The lowest BCUT2D eigenvalue weighted by Crippen LogP contribution is -2.27. The second kappa shape index (κ2) is 7.65. The van der Waals surface area contributed by atoms with Crippen LogP contribution in [0.15, 0.2) is 69.5 Å². The molecule has 0 aliphatic heterocycles. The molecule has 0 saturated heterocycles. The standard InChI is InChI=1S/C20H13BrFN3O2S/c21-13-6-7-16(15(22)8-13)24-17(26)9-25-11-23-18-14(10-28-19(18)20(25)27)12-4-2-1-3-5-12/h1-8,10-11H,9H2,(H,24,26). The minimum Gasteiger partial charge on any atom is -0.322 e. The molecular formula is C20H13BrFN3O2S. The minimum absolute atomic E-state index is 0.0535. The van der Waals surface area contributed by atoms with Gasteiger partial charge in [0.1, 0.15) is 17.1 Å². The summed E-state index contributed by atoms with van der Waals surface area (Å²) in [7, 11) is 0. The molecule has 0 radical (unpaired) electrons. The third-order valence-electron chi connectivity index (χ3n) is 4.15. The lowest BCUT2D eigenvalue weighted by Gasteiger charge is -2.08. The fraction of sp³-hybridized carbons (Fsp3) is 0.0500. The maximum atomic E-state index is 13.9. The van der Waals surface area contributed by atoms with Gasteiger partial charge in [-0.2, -0.15) is 0 Å². The normalized spacial score (nSPS) is 10.9. The van der Waals surface area contributed by atoms with Gasteiger partial charge in [-0.15, -0.1) is 11.3 Å². The Morgan fingerprint density at radius 3 is 2.75 bits per heavy atom. The van der Waals surface area contributed by atoms with Crippen LogP contribution < -0.4 is 10.9 Å². The lowest BCUT2D eigenvalue weighted by atomic mass is 10.1. The lowest BCUT2D eigenvalue weighted by molar-refractivity contribution is -0.116. The molecule has 0 aliphatic rings. The van der Waals surface area contributed by atoms with Gasteiger partial charge in [0.2, 0.25) is 5.91 Å². The smallest absolute Gasteiger partial charge is 0.271 e. The van der Waals surface area contributed by atoms with Gasteiger partial charge in [-0.25, -0.2) is 9.37 Å². The summed E-state index contributed by atoms with van der Waals surface area (Å²) in [6.45, 7) is -0.254. The first-order chi connectivity index (χ1) is 13.5. The molecule has 2 aromatic heterocycles. The number of nitrogens with zero attached hydrogens (tertiary/aromatic N) is 2. The van der Waals surface area contributed by atoms with Crippen molar-refractivity contribution in [1.29, 1.82) is 0 Å². The van der Waals surface area contributed by atoms with Gasteiger partial charge in [-0.05, 0) is 23.8 Å². The summed E-state index contributed by atoms with van der Waals surface area (Å²) in [5.41, 5.74) is 2.21. The maximum absolute atomic E-state index is 13.9. The molecule has 28 heavy (non-hydrogen) atoms. The summed E-state index contributed by atoms with van der Waals surface area (Å²) < 4.78 is 16.1. The van der Waals surface area contributed by atoms with Crippen molar-refractivity contribution < 1.29 is 9.18 Å². The fourth-order valence-electron chi connectivity index (χ4n) is 2.81. The van der Waals surface area contributed by atoms with Crippen LogP contribution in [0.1, 0.15) is 0 Å². The number of amides is 1. The number of carbonyl (C=O) groups is 1. The summed E-state index contributed by atoms with van der Waals surface area (Å²) in [6.07, 6.45) is 1.35. The van der Waals surface area contributed by atoms with Crippen LogP contribution in [-0.4, -0.2) is 15.5 Å². The fourth-order valence-corrected chi connectivity index (χ4v) is 4.12. The number of aromatic nitrogens is 2. The Morgan fingerprint density at radius 1 is 1.21 bits per heavy atom. The molecule has 1 amide bonds. The quantitative estimate of drug-likeness (QED) is 0.484. The van der Waals surface area contributed by atoms with Crippen LogP contribution in [0, 0.1) is 5.82 Å². The van der Waals surface area contributed by atoms with Crippen LogP contribution in [0.5, 0.6) is 0 Å². The zero-order valence-corrected chi connectivity index (χ0v) is 16.8. The molecule has 0 spiro atoms. The first-order valence-corrected chi connectivity index (χ1v) is 9.97. The molecule has 0 unspecified atom stereocenters. The first kappa shape index (κ1) is 18.5. The van der Waals surface area contributed by atoms with E-state index in [0.29, 0.717) is 14.7 Å². The predicted octanol–water partition coefficient (Wildman–Crippen LogP) is 4.67. The number of thiophene rings is 1. The molecule has 1 N–H and O–H groups in total. The van der Waals surface area contributed by atoms with Gasteiger partial charge in [0.15, 0.2) is 0 Å². The highest BCUT2D eigenvalue weighted by Crippen LogP contribution is 2.30. The molecule has 5 nitrogen and oxygen atoms in total. The van der Waals surface area contributed by atoms with E-state index in [1.165, 1.54) is 34.4 Å². The van der Waals surface area contributed by atoms with E-state index in [0.717, 1.165) is 11.1 Å². The minimum atomic E-state index is -0.561. The van der Waals surface area contributed by atoms with Crippen molar-refractivity contribution in [3.63, 3.8) is 0 Å². The molecule has 2 heterocycles. The summed E-state index contributed by atoms with van der Waals surface area (Å²) in [5, 5.41) is 4.36. The molecule has 0 bridgehead atoms. The predicted molar refractivity (Wildman–Crippen MR) is 112 cm³/mol. The molecule has 4 rings (SSSR count). The van der Waals surface area contributed by atoms with E-state index in [4.69, 9.17) is 0 Å². The summed E-state index contributed by atoms with van der Waals surface area (Å²) in [5.74, 6) is -1.07. The summed E-state index contributed by atoms with van der Waals surface area (Å²) in [4.78, 5) is 29.4. The van der Waals surface area contributed by atoms with E-state index in [1.807, 2.05) is 35.7 Å². The number of anilines is 1. The topological polar surface area (TPSA) is 64.0 Å². The van der Waals surface area contributed by atoms with Crippen LogP contribution in [0.4, 0.5) is 10.1 Å². The van der Waals surface area contributed by atoms with Crippen molar-refractivity contribution in [3.8, 4) is 11.1 Å².